The molecule has 3 atom stereocenters. The molecule has 2 fully saturated rings. The maximum Gasteiger partial charge on any atom is 0.191 e. The molecule has 1 aliphatic carbocycles. The lowest BCUT2D eigenvalue weighted by Gasteiger charge is -2.25. The zero-order valence-corrected chi connectivity index (χ0v) is 13.8. The number of likely N-dealkylation sites (tertiary alicyclic amines) is 1. The number of nitrogens with one attached hydrogen (secondary N) is 2. The first kappa shape index (κ1) is 15.3. The van der Waals surface area contributed by atoms with Gasteiger partial charge >= 0.3 is 0 Å². The Morgan fingerprint density at radius 1 is 1.32 bits per heavy atom. The smallest absolute Gasteiger partial charge is 0.191 e. The Bertz CT molecular complexity index is 499. The van der Waals surface area contributed by atoms with Crippen LogP contribution in [-0.2, 0) is 6.54 Å². The molecule has 0 amide bonds. The van der Waals surface area contributed by atoms with Crippen LogP contribution in [0.15, 0.2) is 35.3 Å². The molecule has 1 aliphatic heterocycles. The third-order valence-electron chi connectivity index (χ3n) is 4.89. The van der Waals surface area contributed by atoms with Gasteiger partial charge < -0.3 is 10.6 Å². The van der Waals surface area contributed by atoms with Gasteiger partial charge in [0.1, 0.15) is 0 Å². The standard InChI is InChI=1S/C18H28N4/c1-14-11-17(14)21-18(19-2)20-12-16-9-6-10-22(16)13-15-7-4-3-5-8-15/h3-5,7-8,14,16-17H,6,9-13H2,1-2H3,(H2,19,20,21). The summed E-state index contributed by atoms with van der Waals surface area (Å²) in [6.07, 6.45) is 3.84. The molecule has 0 spiro atoms. The van der Waals surface area contributed by atoms with E-state index in [9.17, 15) is 0 Å². The van der Waals surface area contributed by atoms with Crippen LogP contribution in [0.3, 0.4) is 0 Å². The van der Waals surface area contributed by atoms with Crippen LogP contribution in [0.4, 0.5) is 0 Å². The predicted octanol–water partition coefficient (Wildman–Crippen LogP) is 2.22. The van der Waals surface area contributed by atoms with Gasteiger partial charge in [0.15, 0.2) is 5.96 Å². The van der Waals surface area contributed by atoms with Crippen molar-refractivity contribution in [1.29, 1.82) is 0 Å². The summed E-state index contributed by atoms with van der Waals surface area (Å²) in [5.41, 5.74) is 1.41. The van der Waals surface area contributed by atoms with Crippen LogP contribution in [0.25, 0.3) is 0 Å². The summed E-state index contributed by atoms with van der Waals surface area (Å²) in [6.45, 7) is 5.52. The van der Waals surface area contributed by atoms with Crippen molar-refractivity contribution in [2.75, 3.05) is 20.1 Å². The highest BCUT2D eigenvalue weighted by molar-refractivity contribution is 5.80. The quantitative estimate of drug-likeness (QED) is 0.647. The molecule has 1 aromatic carbocycles. The van der Waals surface area contributed by atoms with Crippen molar-refractivity contribution < 1.29 is 0 Å². The number of hydrogen-bond acceptors (Lipinski definition) is 2. The van der Waals surface area contributed by atoms with E-state index >= 15 is 0 Å². The van der Waals surface area contributed by atoms with E-state index in [0.29, 0.717) is 12.1 Å². The first-order valence-corrected chi connectivity index (χ1v) is 8.51. The average Bonchev–Trinajstić information content (AvgIpc) is 3.05. The van der Waals surface area contributed by atoms with E-state index in [1.807, 2.05) is 7.05 Å². The van der Waals surface area contributed by atoms with Crippen LogP contribution in [0.1, 0.15) is 31.7 Å². The third kappa shape index (κ3) is 4.01. The van der Waals surface area contributed by atoms with Gasteiger partial charge in [-0.2, -0.15) is 0 Å². The Kier molecular flexibility index (Phi) is 4.98. The molecular formula is C18H28N4. The Hall–Kier alpha value is -1.55. The summed E-state index contributed by atoms with van der Waals surface area (Å²) in [5.74, 6) is 1.75. The van der Waals surface area contributed by atoms with E-state index in [1.165, 1.54) is 31.4 Å². The van der Waals surface area contributed by atoms with Gasteiger partial charge in [-0.3, -0.25) is 9.89 Å². The first-order chi connectivity index (χ1) is 10.8. The molecule has 120 valence electrons. The molecule has 1 saturated heterocycles. The van der Waals surface area contributed by atoms with Crippen LogP contribution in [0.5, 0.6) is 0 Å². The van der Waals surface area contributed by atoms with Crippen molar-refractivity contribution in [2.24, 2.45) is 10.9 Å². The minimum atomic E-state index is 0.607. The van der Waals surface area contributed by atoms with Gasteiger partial charge in [0.05, 0.1) is 0 Å². The van der Waals surface area contributed by atoms with Crippen molar-refractivity contribution >= 4 is 5.96 Å². The number of guanidine groups is 1. The summed E-state index contributed by atoms with van der Waals surface area (Å²) in [7, 11) is 1.86. The fraction of sp³-hybridized carbons (Fsp3) is 0.611. The maximum absolute atomic E-state index is 4.35. The molecule has 2 N–H and O–H groups in total. The minimum Gasteiger partial charge on any atom is -0.355 e. The molecule has 0 aromatic heterocycles. The summed E-state index contributed by atoms with van der Waals surface area (Å²) >= 11 is 0. The van der Waals surface area contributed by atoms with Gasteiger partial charge in [0.2, 0.25) is 0 Å². The van der Waals surface area contributed by atoms with E-state index in [4.69, 9.17) is 0 Å². The lowest BCUT2D eigenvalue weighted by molar-refractivity contribution is 0.245. The SMILES string of the molecule is CN=C(NCC1CCCN1Cc1ccccc1)NC1CC1C. The summed E-state index contributed by atoms with van der Waals surface area (Å²) in [4.78, 5) is 6.94. The van der Waals surface area contributed by atoms with Crippen molar-refractivity contribution in [3.63, 3.8) is 0 Å². The first-order valence-electron chi connectivity index (χ1n) is 8.51. The summed E-state index contributed by atoms with van der Waals surface area (Å²) in [5, 5.41) is 7.02. The Morgan fingerprint density at radius 2 is 2.09 bits per heavy atom. The van der Waals surface area contributed by atoms with Crippen LogP contribution in [-0.4, -0.2) is 43.1 Å². The van der Waals surface area contributed by atoms with Crippen LogP contribution in [0, 0.1) is 5.92 Å². The van der Waals surface area contributed by atoms with Gasteiger partial charge in [0.25, 0.3) is 0 Å². The Morgan fingerprint density at radius 3 is 2.77 bits per heavy atom. The fourth-order valence-corrected chi connectivity index (χ4v) is 3.26. The van der Waals surface area contributed by atoms with Crippen molar-refractivity contribution in [2.45, 2.75) is 44.8 Å². The van der Waals surface area contributed by atoms with Gasteiger partial charge in [-0.1, -0.05) is 37.3 Å². The predicted molar refractivity (Wildman–Crippen MR) is 91.9 cm³/mol. The van der Waals surface area contributed by atoms with E-state index in [0.717, 1.165) is 25.0 Å². The van der Waals surface area contributed by atoms with Gasteiger partial charge in [-0.05, 0) is 37.3 Å². The second-order valence-electron chi connectivity index (χ2n) is 6.67. The zero-order chi connectivity index (χ0) is 15.4. The highest BCUT2D eigenvalue weighted by Gasteiger charge is 2.33. The van der Waals surface area contributed by atoms with E-state index in [1.54, 1.807) is 0 Å². The number of nitrogens with zero attached hydrogens (tertiary/aromatic N) is 2. The van der Waals surface area contributed by atoms with E-state index in [2.05, 4.69) is 57.8 Å². The molecule has 3 unspecified atom stereocenters. The second kappa shape index (κ2) is 7.14. The van der Waals surface area contributed by atoms with Crippen LogP contribution >= 0.6 is 0 Å². The van der Waals surface area contributed by atoms with Crippen molar-refractivity contribution in [3.05, 3.63) is 35.9 Å². The fourth-order valence-electron chi connectivity index (χ4n) is 3.26. The molecule has 0 bridgehead atoms. The zero-order valence-electron chi connectivity index (χ0n) is 13.8. The highest BCUT2D eigenvalue weighted by atomic mass is 15.2. The van der Waals surface area contributed by atoms with E-state index < -0.39 is 0 Å². The van der Waals surface area contributed by atoms with E-state index in [-0.39, 0.29) is 0 Å². The molecule has 4 nitrogen and oxygen atoms in total. The molecular weight excluding hydrogens is 272 g/mol. The number of hydrogen-bond donors (Lipinski definition) is 2. The van der Waals surface area contributed by atoms with Crippen LogP contribution in [0.2, 0.25) is 0 Å². The molecule has 1 aromatic rings. The summed E-state index contributed by atoms with van der Waals surface area (Å²) < 4.78 is 0. The van der Waals surface area contributed by atoms with Crippen molar-refractivity contribution in [3.8, 4) is 0 Å². The summed E-state index contributed by atoms with van der Waals surface area (Å²) in [6, 6.07) is 12.0. The normalized spacial score (nSPS) is 28.6. The number of benzene rings is 1. The molecule has 2 aliphatic rings. The molecule has 4 heteroatoms. The van der Waals surface area contributed by atoms with Gasteiger partial charge in [-0.25, -0.2) is 0 Å². The minimum absolute atomic E-state index is 0.607. The largest absolute Gasteiger partial charge is 0.355 e. The topological polar surface area (TPSA) is 39.7 Å². The average molecular weight is 300 g/mol. The Balaban J connectivity index is 1.48. The van der Waals surface area contributed by atoms with Gasteiger partial charge in [-0.15, -0.1) is 0 Å². The molecule has 1 heterocycles. The third-order valence-corrected chi connectivity index (χ3v) is 4.89. The lowest BCUT2D eigenvalue weighted by atomic mass is 10.2. The van der Waals surface area contributed by atoms with Crippen molar-refractivity contribution in [1.82, 2.24) is 15.5 Å². The molecule has 22 heavy (non-hydrogen) atoms. The Labute approximate surface area is 134 Å². The molecule has 3 rings (SSSR count). The highest BCUT2D eigenvalue weighted by Crippen LogP contribution is 2.28. The second-order valence-corrected chi connectivity index (χ2v) is 6.67. The lowest BCUT2D eigenvalue weighted by Crippen LogP contribution is -2.45. The number of rotatable bonds is 5. The van der Waals surface area contributed by atoms with Gasteiger partial charge in [0, 0.05) is 32.2 Å². The molecule has 1 saturated carbocycles. The monoisotopic (exact) mass is 300 g/mol. The number of aliphatic imine (C=N–C) groups is 1. The van der Waals surface area contributed by atoms with Crippen LogP contribution < -0.4 is 10.6 Å². The maximum atomic E-state index is 4.35. The molecule has 0 radical (unpaired) electrons.